The molecule has 0 rings (SSSR count). The number of ether oxygens (including phenoxy) is 4. The minimum atomic E-state index is -1.42. The molecule has 0 aliphatic heterocycles. The molecule has 0 spiro atoms. The summed E-state index contributed by atoms with van der Waals surface area (Å²) >= 11 is 0. The van der Waals surface area contributed by atoms with Gasteiger partial charge in [-0.3, -0.25) is 43.2 Å². The number of amides is 5. The molecular weight excluding hydrogens is 1120 g/mol. The summed E-state index contributed by atoms with van der Waals surface area (Å²) in [4.78, 5) is 143. The van der Waals surface area contributed by atoms with E-state index in [-0.39, 0.29) is 135 Å². The molecule has 0 saturated carbocycles. The van der Waals surface area contributed by atoms with E-state index in [1.807, 2.05) is 0 Å². The number of nitrogens with one attached hydrogen (secondary N) is 5. The van der Waals surface area contributed by atoms with Crippen LogP contribution in [0.3, 0.4) is 0 Å². The number of aliphatic hydroxyl groups excluding tert-OH is 1. The van der Waals surface area contributed by atoms with E-state index in [1.54, 1.807) is 6.92 Å². The van der Waals surface area contributed by atoms with Crippen molar-refractivity contribution >= 4 is 70.9 Å². The second kappa shape index (κ2) is 51.1. The largest absolute Gasteiger partial charge is 0.481 e. The van der Waals surface area contributed by atoms with Crippen LogP contribution < -0.4 is 26.6 Å². The molecule has 0 bridgehead atoms. The molecule has 0 fully saturated rings. The summed E-state index contributed by atoms with van der Waals surface area (Å²) in [6.07, 6.45) is 13.9. The van der Waals surface area contributed by atoms with Crippen molar-refractivity contribution < 1.29 is 107 Å². The van der Waals surface area contributed by atoms with E-state index >= 15 is 0 Å². The van der Waals surface area contributed by atoms with Crippen LogP contribution in [0.4, 0.5) is 0 Å². The van der Waals surface area contributed by atoms with Gasteiger partial charge in [-0.05, 0) is 58.3 Å². The summed E-state index contributed by atoms with van der Waals surface area (Å²) in [5.74, 6) is -10.9. The fourth-order valence-electron chi connectivity index (χ4n) is 8.57. The van der Waals surface area contributed by atoms with Crippen molar-refractivity contribution in [3.8, 4) is 0 Å². The van der Waals surface area contributed by atoms with Gasteiger partial charge in [-0.2, -0.15) is 0 Å². The van der Waals surface area contributed by atoms with E-state index in [9.17, 15) is 83.1 Å². The molecule has 0 aromatic rings. The van der Waals surface area contributed by atoms with Gasteiger partial charge >= 0.3 is 29.8 Å². The average Bonchev–Trinajstić information content (AvgIpc) is 3.49. The molecule has 6 atom stereocenters. The molecule has 5 amide bonds. The van der Waals surface area contributed by atoms with Gasteiger partial charge in [-0.1, -0.05) is 90.4 Å². The Morgan fingerprint density at radius 1 is 0.365 bits per heavy atom. The predicted octanol–water partition coefficient (Wildman–Crippen LogP) is 3.86. The number of carboxylic acids is 5. The van der Waals surface area contributed by atoms with Gasteiger partial charge in [0.2, 0.25) is 29.5 Å². The Balaban J connectivity index is 4.04. The van der Waals surface area contributed by atoms with Crippen molar-refractivity contribution in [3.05, 3.63) is 0 Å². The minimum absolute atomic E-state index is 0.00907. The Kier molecular flexibility index (Phi) is 47.4. The van der Waals surface area contributed by atoms with Crippen LogP contribution in [-0.4, -0.2) is 192 Å². The third-order valence-corrected chi connectivity index (χ3v) is 13.7. The lowest BCUT2D eigenvalue weighted by Crippen LogP contribution is -2.44. The Morgan fingerprint density at radius 3 is 1.25 bits per heavy atom. The van der Waals surface area contributed by atoms with Crippen molar-refractivity contribution in [1.29, 1.82) is 0 Å². The number of Topliss-reactive ketones (excluding diaryl/α,β-unsaturated/α-hetero) is 2. The zero-order valence-corrected chi connectivity index (χ0v) is 50.0. The Bertz CT molecular complexity index is 1990. The number of ketones is 2. The number of carbonyl (C=O) groups is 12. The monoisotopic (exact) mass is 1220 g/mol. The fourth-order valence-corrected chi connectivity index (χ4v) is 8.57. The molecule has 11 N–H and O–H groups in total. The van der Waals surface area contributed by atoms with Crippen molar-refractivity contribution in [2.45, 2.75) is 218 Å². The lowest BCUT2D eigenvalue weighted by Gasteiger charge is -2.17. The summed E-state index contributed by atoms with van der Waals surface area (Å²) in [6, 6.07) is -4.09. The number of unbranched alkanes of at least 4 members (excludes halogenated alkanes) is 14. The first-order valence-electron chi connectivity index (χ1n) is 30.1. The number of hydrogen-bond donors (Lipinski definition) is 11. The highest BCUT2D eigenvalue weighted by Gasteiger charge is 2.29. The number of aliphatic hydroxyl groups is 1. The maximum Gasteiger partial charge on any atom is 0.326 e. The number of hydrogen-bond acceptors (Lipinski definition) is 17. The van der Waals surface area contributed by atoms with Crippen LogP contribution in [0.1, 0.15) is 194 Å². The van der Waals surface area contributed by atoms with Crippen LogP contribution in [0.15, 0.2) is 0 Å². The number of rotatable bonds is 59. The van der Waals surface area contributed by atoms with Crippen LogP contribution >= 0.6 is 0 Å². The second-order valence-corrected chi connectivity index (χ2v) is 21.3. The Hall–Kier alpha value is -6.16. The normalized spacial score (nSPS) is 13.3. The summed E-state index contributed by atoms with van der Waals surface area (Å²) in [5.41, 5.74) is 0. The minimum Gasteiger partial charge on any atom is -0.481 e. The van der Waals surface area contributed by atoms with Crippen LogP contribution in [0, 0.1) is 11.8 Å². The molecule has 0 saturated heterocycles. The Morgan fingerprint density at radius 2 is 0.776 bits per heavy atom. The lowest BCUT2D eigenvalue weighted by atomic mass is 9.89. The highest BCUT2D eigenvalue weighted by atomic mass is 16.5. The molecule has 85 heavy (non-hydrogen) atoms. The van der Waals surface area contributed by atoms with Crippen molar-refractivity contribution in [2.75, 3.05) is 65.9 Å². The highest BCUT2D eigenvalue weighted by molar-refractivity contribution is 5.88. The number of aliphatic carboxylic acids is 5. The van der Waals surface area contributed by atoms with Gasteiger partial charge in [0.1, 0.15) is 37.1 Å². The Labute approximate surface area is 498 Å². The number of carboxylic acid groups (broad SMARTS) is 5. The first-order chi connectivity index (χ1) is 40.5. The molecule has 0 aromatic carbocycles. The SMILES string of the molecule is C[C@@H](CCCCNC(=O)CC[C@H](NC(=O)COCCOCCCC(=O)COCCOCCNC(=O)CC[C@H](NC(=O)CC[C@H](NC(=O)CCCCCCCCCCCCCCCCC(=O)O)C(=O)O)C(=O)O)C(=O)O)C(=O)C[C@H](C(=O)O)[C@@H](C)O. The van der Waals surface area contributed by atoms with Gasteiger partial charge in [0.05, 0.1) is 45.1 Å². The van der Waals surface area contributed by atoms with Crippen LogP contribution in [-0.2, 0) is 76.5 Å². The molecule has 0 heterocycles. The van der Waals surface area contributed by atoms with Gasteiger partial charge in [0.15, 0.2) is 5.78 Å². The molecule has 27 heteroatoms. The zero-order valence-electron chi connectivity index (χ0n) is 50.0. The van der Waals surface area contributed by atoms with Gasteiger partial charge in [0, 0.05) is 70.6 Å². The average molecular weight is 1220 g/mol. The van der Waals surface area contributed by atoms with Gasteiger partial charge < -0.3 is 76.2 Å². The standard InChI is InChI=1S/C58H99N5O22/c1-41(48(66)38-44(42(2)64)55(74)75)20-17-18-30-59-49(67)27-25-47(58(80)81)63-53(71)40-85-37-34-82-32-19-21-43(65)39-84-36-35-83-33-31-60-50(68)28-24-45(56(76)77)62-52(70)29-26-46(57(78)79)61-51(69)22-15-13-11-9-7-5-3-4-6-8-10-12-14-16-23-54(72)73/h41-42,44-47,64H,3-40H2,1-2H3,(H,59,67)(H,60,68)(H,61,69)(H,62,70)(H,63,71)(H,72,73)(H,74,75)(H,76,77)(H,78,79)(H,80,81)/t41-,42+,44-,45-,46-,47-/m0/s1. The van der Waals surface area contributed by atoms with Crippen molar-refractivity contribution in [2.24, 2.45) is 11.8 Å². The molecule has 0 aliphatic rings. The van der Waals surface area contributed by atoms with Crippen LogP contribution in [0.5, 0.6) is 0 Å². The van der Waals surface area contributed by atoms with E-state index < -0.39 is 102 Å². The molecule has 0 unspecified atom stereocenters. The molecule has 27 nitrogen and oxygen atoms in total. The first kappa shape index (κ1) is 78.8. The van der Waals surface area contributed by atoms with Gasteiger partial charge in [0.25, 0.3) is 0 Å². The number of carbonyl (C=O) groups excluding carboxylic acids is 7. The van der Waals surface area contributed by atoms with Crippen LogP contribution in [0.2, 0.25) is 0 Å². The van der Waals surface area contributed by atoms with E-state index in [1.165, 1.54) is 32.6 Å². The fraction of sp³-hybridized carbons (Fsp3) is 0.793. The van der Waals surface area contributed by atoms with E-state index in [0.717, 1.165) is 57.8 Å². The summed E-state index contributed by atoms with van der Waals surface area (Å²) in [6.45, 7) is 3.35. The van der Waals surface area contributed by atoms with Gasteiger partial charge in [-0.15, -0.1) is 0 Å². The maximum absolute atomic E-state index is 12.6. The smallest absolute Gasteiger partial charge is 0.326 e. The summed E-state index contributed by atoms with van der Waals surface area (Å²) in [7, 11) is 0. The summed E-state index contributed by atoms with van der Waals surface area (Å²) < 4.78 is 21.3. The van der Waals surface area contributed by atoms with Crippen LogP contribution in [0.25, 0.3) is 0 Å². The molecule has 488 valence electrons. The highest BCUT2D eigenvalue weighted by Crippen LogP contribution is 2.18. The second-order valence-electron chi connectivity index (χ2n) is 21.3. The molecular formula is C58H99N5O22. The quantitative estimate of drug-likeness (QED) is 0.0385. The first-order valence-corrected chi connectivity index (χ1v) is 30.1. The van der Waals surface area contributed by atoms with E-state index in [4.69, 9.17) is 24.1 Å². The third-order valence-electron chi connectivity index (χ3n) is 13.7. The lowest BCUT2D eigenvalue weighted by molar-refractivity contribution is -0.148. The third kappa shape index (κ3) is 46.8. The van der Waals surface area contributed by atoms with Crippen molar-refractivity contribution in [1.82, 2.24) is 26.6 Å². The topological polar surface area (TPSA) is 423 Å². The molecule has 0 aromatic heterocycles. The predicted molar refractivity (Wildman–Crippen MR) is 307 cm³/mol. The van der Waals surface area contributed by atoms with E-state index in [2.05, 4.69) is 26.6 Å². The van der Waals surface area contributed by atoms with Gasteiger partial charge in [-0.25, -0.2) is 14.4 Å². The van der Waals surface area contributed by atoms with Crippen molar-refractivity contribution in [3.63, 3.8) is 0 Å². The summed E-state index contributed by atoms with van der Waals surface area (Å²) in [5, 5.41) is 68.4. The molecule has 0 radical (unpaired) electrons. The maximum atomic E-state index is 12.6. The zero-order chi connectivity index (χ0) is 63.6. The molecule has 0 aliphatic carbocycles. The van der Waals surface area contributed by atoms with E-state index in [0.29, 0.717) is 32.1 Å².